The highest BCUT2D eigenvalue weighted by Crippen LogP contribution is 2.24. The van der Waals surface area contributed by atoms with E-state index in [-0.39, 0.29) is 11.8 Å². The molecule has 2 aliphatic rings. The van der Waals surface area contributed by atoms with Crippen LogP contribution in [-0.2, 0) is 4.79 Å². The van der Waals surface area contributed by atoms with Crippen LogP contribution in [0.2, 0.25) is 0 Å². The van der Waals surface area contributed by atoms with Crippen LogP contribution in [0.4, 0.5) is 11.4 Å². The van der Waals surface area contributed by atoms with E-state index in [0.29, 0.717) is 12.1 Å². The molecule has 2 atom stereocenters. The van der Waals surface area contributed by atoms with Gasteiger partial charge in [-0.05, 0) is 57.4 Å². The summed E-state index contributed by atoms with van der Waals surface area (Å²) in [5, 5.41) is 10.1. The molecule has 1 heterocycles. The fourth-order valence-electron chi connectivity index (χ4n) is 3.61. The third-order valence-electron chi connectivity index (χ3n) is 4.85. The molecule has 1 aliphatic heterocycles. The van der Waals surface area contributed by atoms with Gasteiger partial charge in [0.05, 0.1) is 0 Å². The van der Waals surface area contributed by atoms with Crippen molar-refractivity contribution < 1.29 is 4.79 Å². The van der Waals surface area contributed by atoms with Gasteiger partial charge in [0.25, 0.3) is 0 Å². The van der Waals surface area contributed by atoms with Crippen molar-refractivity contribution in [1.29, 1.82) is 0 Å². The Hall–Kier alpha value is -1.55. The van der Waals surface area contributed by atoms with E-state index in [0.717, 1.165) is 30.8 Å². The lowest BCUT2D eigenvalue weighted by atomic mass is 9.92. The van der Waals surface area contributed by atoms with Crippen LogP contribution in [0.5, 0.6) is 0 Å². The summed E-state index contributed by atoms with van der Waals surface area (Å²) in [6, 6.07) is 9.15. The fraction of sp³-hybridized carbons (Fsp3) is 0.611. The second kappa shape index (κ2) is 7.14. The van der Waals surface area contributed by atoms with Crippen molar-refractivity contribution in [2.45, 2.75) is 57.5 Å². The van der Waals surface area contributed by atoms with E-state index in [2.05, 4.69) is 35.0 Å². The van der Waals surface area contributed by atoms with Crippen LogP contribution in [0.15, 0.2) is 24.3 Å². The van der Waals surface area contributed by atoms with Crippen molar-refractivity contribution >= 4 is 17.3 Å². The van der Waals surface area contributed by atoms with Crippen molar-refractivity contribution in [3.63, 3.8) is 0 Å². The summed E-state index contributed by atoms with van der Waals surface area (Å²) in [4.78, 5) is 12.4. The van der Waals surface area contributed by atoms with Gasteiger partial charge >= 0.3 is 0 Å². The van der Waals surface area contributed by atoms with Crippen molar-refractivity contribution in [2.24, 2.45) is 5.92 Å². The maximum absolute atomic E-state index is 12.4. The smallest absolute Gasteiger partial charge is 0.227 e. The summed E-state index contributed by atoms with van der Waals surface area (Å²) in [7, 11) is 0. The van der Waals surface area contributed by atoms with E-state index in [1.165, 1.54) is 25.7 Å². The molecule has 1 aromatic carbocycles. The van der Waals surface area contributed by atoms with Crippen LogP contribution in [0, 0.1) is 5.92 Å². The van der Waals surface area contributed by atoms with E-state index >= 15 is 0 Å². The van der Waals surface area contributed by atoms with Crippen molar-refractivity contribution in [3.8, 4) is 0 Å². The molecular formula is C18H27N3O. The van der Waals surface area contributed by atoms with Crippen molar-refractivity contribution in [1.82, 2.24) is 5.32 Å². The first kappa shape index (κ1) is 15.3. The zero-order valence-corrected chi connectivity index (χ0v) is 13.4. The summed E-state index contributed by atoms with van der Waals surface area (Å²) >= 11 is 0. The van der Waals surface area contributed by atoms with Gasteiger partial charge in [-0.15, -0.1) is 0 Å². The minimum Gasteiger partial charge on any atom is -0.382 e. The predicted octanol–water partition coefficient (Wildman–Crippen LogP) is 3.37. The van der Waals surface area contributed by atoms with Crippen LogP contribution in [0.25, 0.3) is 0 Å². The zero-order valence-electron chi connectivity index (χ0n) is 13.4. The average Bonchev–Trinajstić information content (AvgIpc) is 3.00. The van der Waals surface area contributed by atoms with Crippen LogP contribution < -0.4 is 16.0 Å². The van der Waals surface area contributed by atoms with E-state index in [4.69, 9.17) is 0 Å². The number of carbonyl (C=O) groups excluding carboxylic acids is 1. The van der Waals surface area contributed by atoms with Crippen molar-refractivity contribution in [3.05, 3.63) is 24.3 Å². The Morgan fingerprint density at radius 2 is 1.95 bits per heavy atom. The number of piperidine rings is 1. The Morgan fingerprint density at radius 3 is 2.73 bits per heavy atom. The van der Waals surface area contributed by atoms with Crippen LogP contribution in [0.3, 0.4) is 0 Å². The molecule has 0 unspecified atom stereocenters. The van der Waals surface area contributed by atoms with Gasteiger partial charge in [0.2, 0.25) is 5.91 Å². The highest BCUT2D eigenvalue weighted by Gasteiger charge is 2.24. The molecule has 1 amide bonds. The molecule has 120 valence electrons. The Labute approximate surface area is 133 Å². The first-order chi connectivity index (χ1) is 10.7. The molecule has 0 aromatic heterocycles. The molecule has 0 spiro atoms. The minimum atomic E-state index is 0.127. The second-order valence-corrected chi connectivity index (χ2v) is 6.77. The number of amides is 1. The largest absolute Gasteiger partial charge is 0.382 e. The minimum absolute atomic E-state index is 0.127. The molecule has 4 nitrogen and oxygen atoms in total. The molecule has 1 saturated heterocycles. The molecule has 3 rings (SSSR count). The lowest BCUT2D eigenvalue weighted by Crippen LogP contribution is -2.40. The van der Waals surface area contributed by atoms with Gasteiger partial charge in [0.1, 0.15) is 0 Å². The Bertz CT molecular complexity index is 511. The lowest BCUT2D eigenvalue weighted by Gasteiger charge is -2.27. The summed E-state index contributed by atoms with van der Waals surface area (Å²) < 4.78 is 0. The monoisotopic (exact) mass is 301 g/mol. The number of hydrogen-bond donors (Lipinski definition) is 3. The molecule has 2 fully saturated rings. The molecule has 3 N–H and O–H groups in total. The second-order valence-electron chi connectivity index (χ2n) is 6.77. The van der Waals surface area contributed by atoms with Crippen LogP contribution >= 0.6 is 0 Å². The van der Waals surface area contributed by atoms with Crippen LogP contribution in [0.1, 0.15) is 45.4 Å². The van der Waals surface area contributed by atoms with Gasteiger partial charge in [0, 0.05) is 29.4 Å². The highest BCUT2D eigenvalue weighted by atomic mass is 16.1. The number of rotatable bonds is 4. The topological polar surface area (TPSA) is 53.2 Å². The molecule has 1 saturated carbocycles. The quantitative estimate of drug-likeness (QED) is 0.799. The van der Waals surface area contributed by atoms with E-state index in [1.807, 2.05) is 12.1 Å². The summed E-state index contributed by atoms with van der Waals surface area (Å²) in [5.41, 5.74) is 2.02. The molecule has 0 radical (unpaired) electrons. The summed E-state index contributed by atoms with van der Waals surface area (Å²) in [6.07, 6.45) is 7.00. The lowest BCUT2D eigenvalue weighted by molar-refractivity contribution is -0.120. The van der Waals surface area contributed by atoms with Gasteiger partial charge in [-0.25, -0.2) is 0 Å². The molecule has 1 aromatic rings. The van der Waals surface area contributed by atoms with Gasteiger partial charge < -0.3 is 16.0 Å². The third-order valence-corrected chi connectivity index (χ3v) is 4.85. The van der Waals surface area contributed by atoms with Gasteiger partial charge in [-0.1, -0.05) is 18.9 Å². The standard InChI is InChI=1S/C18H27N3O/c1-13-11-14(9-10-19-13)18(22)21-17-8-4-7-16(12-17)20-15-5-2-3-6-15/h4,7-8,12-15,19-20H,2-3,5-6,9-11H2,1H3,(H,21,22)/t13-,14-/m0/s1. The Kier molecular flexibility index (Phi) is 4.98. The zero-order chi connectivity index (χ0) is 15.4. The first-order valence-electron chi connectivity index (χ1n) is 8.61. The van der Waals surface area contributed by atoms with Gasteiger partial charge in [0.15, 0.2) is 0 Å². The first-order valence-corrected chi connectivity index (χ1v) is 8.61. The highest BCUT2D eigenvalue weighted by molar-refractivity contribution is 5.93. The SMILES string of the molecule is C[C@H]1C[C@@H](C(=O)Nc2cccc(NC3CCCC3)c2)CCN1. The van der Waals surface area contributed by atoms with Gasteiger partial charge in [-0.3, -0.25) is 4.79 Å². The Morgan fingerprint density at radius 1 is 1.18 bits per heavy atom. The third kappa shape index (κ3) is 4.01. The molecule has 22 heavy (non-hydrogen) atoms. The van der Waals surface area contributed by atoms with E-state index in [9.17, 15) is 4.79 Å². The number of nitrogens with one attached hydrogen (secondary N) is 3. The molecule has 1 aliphatic carbocycles. The summed E-state index contributed by atoms with van der Waals surface area (Å²) in [6.45, 7) is 3.08. The van der Waals surface area contributed by atoms with E-state index in [1.54, 1.807) is 0 Å². The predicted molar refractivity (Wildman–Crippen MR) is 91.1 cm³/mol. The number of carbonyl (C=O) groups is 1. The number of hydrogen-bond acceptors (Lipinski definition) is 3. The van der Waals surface area contributed by atoms with Crippen LogP contribution in [-0.4, -0.2) is 24.5 Å². The maximum Gasteiger partial charge on any atom is 0.227 e. The fourth-order valence-corrected chi connectivity index (χ4v) is 3.61. The number of anilines is 2. The van der Waals surface area contributed by atoms with E-state index < -0.39 is 0 Å². The summed E-state index contributed by atoms with van der Waals surface area (Å²) in [5.74, 6) is 0.286. The normalized spacial score (nSPS) is 25.9. The molecular weight excluding hydrogens is 274 g/mol. The van der Waals surface area contributed by atoms with Gasteiger partial charge in [-0.2, -0.15) is 0 Å². The molecule has 0 bridgehead atoms. The van der Waals surface area contributed by atoms with Crippen molar-refractivity contribution in [2.75, 3.05) is 17.2 Å². The Balaban J connectivity index is 1.58. The number of benzene rings is 1. The molecule has 4 heteroatoms. The average molecular weight is 301 g/mol. The maximum atomic E-state index is 12.4.